The van der Waals surface area contributed by atoms with Gasteiger partial charge >= 0.3 is 0 Å². The number of hydrogen-bond acceptors (Lipinski definition) is 5. The molecule has 0 unspecified atom stereocenters. The number of likely N-dealkylation sites (N-methyl/N-ethyl adjacent to an activating group) is 1. The van der Waals surface area contributed by atoms with Gasteiger partial charge in [0.25, 0.3) is 0 Å². The molecule has 0 aliphatic carbocycles. The summed E-state index contributed by atoms with van der Waals surface area (Å²) in [6.07, 6.45) is 1.34. The maximum Gasteiger partial charge on any atom is 0.244 e. The lowest BCUT2D eigenvalue weighted by Gasteiger charge is -2.33. The molecule has 0 aromatic heterocycles. The smallest absolute Gasteiger partial charge is 0.244 e. The Kier molecular flexibility index (Phi) is 9.90. The Morgan fingerprint density at radius 2 is 1.61 bits per heavy atom. The highest BCUT2D eigenvalue weighted by Crippen LogP contribution is 2.22. The lowest BCUT2D eigenvalue weighted by molar-refractivity contribution is -0.140. The Labute approximate surface area is 225 Å². The highest BCUT2D eigenvalue weighted by molar-refractivity contribution is 7.92. The number of methoxy groups -OCH3 is 1. The average Bonchev–Trinajstić information content (AvgIpc) is 2.90. The molecule has 3 rings (SSSR count). The molecule has 0 aliphatic heterocycles. The van der Waals surface area contributed by atoms with Gasteiger partial charge in [-0.05, 0) is 49.2 Å². The first-order chi connectivity index (χ1) is 18.1. The van der Waals surface area contributed by atoms with Crippen LogP contribution in [0.25, 0.3) is 0 Å². The number of amides is 2. The van der Waals surface area contributed by atoms with E-state index in [-0.39, 0.29) is 18.9 Å². The van der Waals surface area contributed by atoms with Crippen LogP contribution in [0.5, 0.6) is 5.75 Å². The number of carbonyl (C=O) groups is 2. The summed E-state index contributed by atoms with van der Waals surface area (Å²) in [6.45, 7) is 3.75. The van der Waals surface area contributed by atoms with Crippen LogP contribution in [0.1, 0.15) is 23.6 Å². The predicted molar refractivity (Wildman–Crippen MR) is 150 cm³/mol. The third-order valence-electron chi connectivity index (χ3n) is 6.11. The lowest BCUT2D eigenvalue weighted by Crippen LogP contribution is -2.53. The zero-order valence-electron chi connectivity index (χ0n) is 22.3. The summed E-state index contributed by atoms with van der Waals surface area (Å²) >= 11 is 0. The fourth-order valence-electron chi connectivity index (χ4n) is 4.14. The van der Waals surface area contributed by atoms with Crippen molar-refractivity contribution in [2.45, 2.75) is 32.9 Å². The molecule has 1 N–H and O–H groups in total. The number of nitrogens with zero attached hydrogens (tertiary/aromatic N) is 2. The van der Waals surface area contributed by atoms with Crippen molar-refractivity contribution >= 4 is 27.5 Å². The molecule has 0 spiro atoms. The van der Waals surface area contributed by atoms with Gasteiger partial charge in [-0.1, -0.05) is 60.2 Å². The van der Waals surface area contributed by atoms with Gasteiger partial charge in [0.15, 0.2) is 0 Å². The van der Waals surface area contributed by atoms with Gasteiger partial charge < -0.3 is 15.0 Å². The van der Waals surface area contributed by atoms with Crippen molar-refractivity contribution in [3.8, 4) is 5.75 Å². The van der Waals surface area contributed by atoms with Crippen LogP contribution in [0.4, 0.5) is 5.69 Å². The normalized spacial score (nSPS) is 11.9. The minimum Gasteiger partial charge on any atom is -0.497 e. The van der Waals surface area contributed by atoms with E-state index in [0.29, 0.717) is 18.0 Å². The molecule has 0 saturated heterocycles. The number of aryl methyl sites for hydroxylation is 1. The van der Waals surface area contributed by atoms with Crippen LogP contribution in [-0.4, -0.2) is 57.6 Å². The molecule has 202 valence electrons. The standard InChI is InChI=1S/C29H35N3O5S/c1-5-30-29(34)27(19-23-10-7-6-8-11-23)31(20-24-12-9-13-26(18-24)37-3)28(33)21-32(38(4,35)36)25-16-14-22(2)15-17-25/h6-18,27H,5,19-21H2,1-4H3,(H,30,34)/t27-/m1/s1. The Morgan fingerprint density at radius 1 is 0.947 bits per heavy atom. The number of ether oxygens (including phenoxy) is 1. The van der Waals surface area contributed by atoms with Gasteiger partial charge in [-0.3, -0.25) is 13.9 Å². The highest BCUT2D eigenvalue weighted by Gasteiger charge is 2.32. The lowest BCUT2D eigenvalue weighted by atomic mass is 10.0. The molecule has 0 heterocycles. The molecule has 9 heteroatoms. The number of nitrogens with one attached hydrogen (secondary N) is 1. The number of sulfonamides is 1. The Bertz CT molecular complexity index is 1330. The minimum absolute atomic E-state index is 0.0934. The van der Waals surface area contributed by atoms with E-state index in [1.165, 1.54) is 4.90 Å². The molecular weight excluding hydrogens is 502 g/mol. The Hall–Kier alpha value is -3.85. The van der Waals surface area contributed by atoms with Gasteiger partial charge in [0.1, 0.15) is 18.3 Å². The fourth-order valence-corrected chi connectivity index (χ4v) is 4.99. The van der Waals surface area contributed by atoms with E-state index >= 15 is 0 Å². The fraction of sp³-hybridized carbons (Fsp3) is 0.310. The van der Waals surface area contributed by atoms with Crippen LogP contribution in [0, 0.1) is 6.92 Å². The molecule has 3 aromatic carbocycles. The molecular formula is C29H35N3O5S. The summed E-state index contributed by atoms with van der Waals surface area (Å²) in [6, 6.07) is 22.7. The second-order valence-electron chi connectivity index (χ2n) is 9.08. The Balaban J connectivity index is 2.04. The molecule has 0 aliphatic rings. The quantitative estimate of drug-likeness (QED) is 0.381. The number of carbonyl (C=O) groups excluding carboxylic acids is 2. The second kappa shape index (κ2) is 13.1. The van der Waals surface area contributed by atoms with E-state index in [1.54, 1.807) is 43.5 Å². The number of hydrogen-bond donors (Lipinski definition) is 1. The van der Waals surface area contributed by atoms with E-state index in [2.05, 4.69) is 5.32 Å². The van der Waals surface area contributed by atoms with Crippen molar-refractivity contribution in [1.29, 1.82) is 0 Å². The first-order valence-electron chi connectivity index (χ1n) is 12.4. The van der Waals surface area contributed by atoms with Gasteiger partial charge in [-0.2, -0.15) is 0 Å². The summed E-state index contributed by atoms with van der Waals surface area (Å²) in [5, 5.41) is 2.84. The first kappa shape index (κ1) is 28.7. The van der Waals surface area contributed by atoms with Crippen LogP contribution in [0.2, 0.25) is 0 Å². The number of rotatable bonds is 12. The number of anilines is 1. The largest absolute Gasteiger partial charge is 0.497 e. The minimum atomic E-state index is -3.79. The summed E-state index contributed by atoms with van der Waals surface area (Å²) in [4.78, 5) is 28.7. The molecule has 0 radical (unpaired) electrons. The van der Waals surface area contributed by atoms with Crippen LogP contribution in [-0.2, 0) is 32.6 Å². The topological polar surface area (TPSA) is 96.0 Å². The highest BCUT2D eigenvalue weighted by atomic mass is 32.2. The van der Waals surface area contributed by atoms with Gasteiger partial charge in [0.2, 0.25) is 21.8 Å². The second-order valence-corrected chi connectivity index (χ2v) is 11.0. The van der Waals surface area contributed by atoms with Gasteiger partial charge in [0.05, 0.1) is 19.1 Å². The van der Waals surface area contributed by atoms with Crippen LogP contribution in [0.3, 0.4) is 0 Å². The van der Waals surface area contributed by atoms with Crippen molar-refractivity contribution in [2.24, 2.45) is 0 Å². The predicted octanol–water partition coefficient (Wildman–Crippen LogP) is 3.55. The zero-order valence-corrected chi connectivity index (χ0v) is 23.1. The zero-order chi connectivity index (χ0) is 27.7. The molecule has 8 nitrogen and oxygen atoms in total. The summed E-state index contributed by atoms with van der Waals surface area (Å²) in [7, 11) is -2.24. The Morgan fingerprint density at radius 3 is 2.21 bits per heavy atom. The van der Waals surface area contributed by atoms with Crippen molar-refractivity contribution in [3.63, 3.8) is 0 Å². The summed E-state index contributed by atoms with van der Waals surface area (Å²) in [5.41, 5.74) is 2.98. The molecule has 1 atom stereocenters. The van der Waals surface area contributed by atoms with Crippen LogP contribution < -0.4 is 14.4 Å². The van der Waals surface area contributed by atoms with Crippen LogP contribution in [0.15, 0.2) is 78.9 Å². The average molecular weight is 538 g/mol. The molecule has 3 aromatic rings. The number of benzene rings is 3. The van der Waals surface area contributed by atoms with Crippen molar-refractivity contribution in [3.05, 3.63) is 95.6 Å². The summed E-state index contributed by atoms with van der Waals surface area (Å²) < 4.78 is 32.0. The van der Waals surface area contributed by atoms with Crippen molar-refractivity contribution in [2.75, 3.05) is 30.8 Å². The van der Waals surface area contributed by atoms with Gasteiger partial charge in [-0.25, -0.2) is 8.42 Å². The molecule has 0 saturated carbocycles. The molecule has 0 bridgehead atoms. The van der Waals surface area contributed by atoms with E-state index < -0.39 is 28.5 Å². The SMILES string of the molecule is CCNC(=O)[C@@H](Cc1ccccc1)N(Cc1cccc(OC)c1)C(=O)CN(c1ccc(C)cc1)S(C)(=O)=O. The van der Waals surface area contributed by atoms with Gasteiger partial charge in [-0.15, -0.1) is 0 Å². The van der Waals surface area contributed by atoms with Crippen molar-refractivity contribution in [1.82, 2.24) is 10.2 Å². The molecule has 38 heavy (non-hydrogen) atoms. The van der Waals surface area contributed by atoms with E-state index in [9.17, 15) is 18.0 Å². The maximum absolute atomic E-state index is 13.9. The molecule has 2 amide bonds. The van der Waals surface area contributed by atoms with Gasteiger partial charge in [0, 0.05) is 19.5 Å². The van der Waals surface area contributed by atoms with E-state index in [4.69, 9.17) is 4.74 Å². The third kappa shape index (κ3) is 7.82. The van der Waals surface area contributed by atoms with Crippen molar-refractivity contribution < 1.29 is 22.7 Å². The van der Waals surface area contributed by atoms with E-state index in [1.807, 2.05) is 56.3 Å². The van der Waals surface area contributed by atoms with Crippen LogP contribution >= 0.6 is 0 Å². The monoisotopic (exact) mass is 537 g/mol. The first-order valence-corrected chi connectivity index (χ1v) is 14.3. The third-order valence-corrected chi connectivity index (χ3v) is 7.25. The van der Waals surface area contributed by atoms with E-state index in [0.717, 1.165) is 27.3 Å². The maximum atomic E-state index is 13.9. The summed E-state index contributed by atoms with van der Waals surface area (Å²) in [5.74, 6) is -0.190. The molecule has 0 fully saturated rings.